The lowest BCUT2D eigenvalue weighted by atomic mass is 10.0. The summed E-state index contributed by atoms with van der Waals surface area (Å²) >= 11 is 0. The SMILES string of the molecule is CCCCCCCCOc1ccc(-c2ccc(COC3CC[C@@H](CCCCCC)O3)cc2)cc1. The fraction of sp³-hybridized carbons (Fsp3) is 0.613. The van der Waals surface area contributed by atoms with E-state index < -0.39 is 0 Å². The molecule has 0 radical (unpaired) electrons. The Kier molecular flexibility index (Phi) is 12.6. The minimum absolute atomic E-state index is 0.0419. The van der Waals surface area contributed by atoms with Crippen molar-refractivity contribution in [1.82, 2.24) is 0 Å². The number of unbranched alkanes of at least 4 members (excludes halogenated alkanes) is 8. The molecule has 1 saturated heterocycles. The highest BCUT2D eigenvalue weighted by atomic mass is 16.7. The monoisotopic (exact) mass is 466 g/mol. The molecule has 3 nitrogen and oxygen atoms in total. The summed E-state index contributed by atoms with van der Waals surface area (Å²) < 4.78 is 18.0. The van der Waals surface area contributed by atoms with Crippen LogP contribution >= 0.6 is 0 Å². The number of hydrogen-bond donors (Lipinski definition) is 0. The summed E-state index contributed by atoms with van der Waals surface area (Å²) in [6.45, 7) is 5.93. The predicted molar refractivity (Wildman–Crippen MR) is 142 cm³/mol. The molecule has 2 aromatic rings. The lowest BCUT2D eigenvalue weighted by molar-refractivity contribution is -0.141. The fourth-order valence-electron chi connectivity index (χ4n) is 4.61. The predicted octanol–water partition coefficient (Wildman–Crippen LogP) is 9.09. The largest absolute Gasteiger partial charge is 0.494 e. The minimum Gasteiger partial charge on any atom is -0.494 e. The van der Waals surface area contributed by atoms with E-state index in [0.717, 1.165) is 31.6 Å². The van der Waals surface area contributed by atoms with Gasteiger partial charge in [0, 0.05) is 6.42 Å². The van der Waals surface area contributed by atoms with Crippen LogP contribution in [-0.4, -0.2) is 19.0 Å². The van der Waals surface area contributed by atoms with Crippen LogP contribution in [-0.2, 0) is 16.1 Å². The zero-order valence-corrected chi connectivity index (χ0v) is 21.6. The molecule has 0 saturated carbocycles. The normalized spacial score (nSPS) is 17.8. The zero-order valence-electron chi connectivity index (χ0n) is 21.6. The molecule has 0 bridgehead atoms. The molecular weight excluding hydrogens is 420 g/mol. The molecule has 1 unspecified atom stereocenters. The average Bonchev–Trinajstić information content (AvgIpc) is 3.33. The van der Waals surface area contributed by atoms with E-state index in [2.05, 4.69) is 62.4 Å². The van der Waals surface area contributed by atoms with Gasteiger partial charge < -0.3 is 14.2 Å². The van der Waals surface area contributed by atoms with E-state index in [4.69, 9.17) is 14.2 Å². The van der Waals surface area contributed by atoms with Crippen LogP contribution in [0.25, 0.3) is 11.1 Å². The van der Waals surface area contributed by atoms with Crippen LogP contribution in [0.4, 0.5) is 0 Å². The Morgan fingerprint density at radius 1 is 0.706 bits per heavy atom. The minimum atomic E-state index is -0.0419. The van der Waals surface area contributed by atoms with Gasteiger partial charge in [0.25, 0.3) is 0 Å². The molecule has 188 valence electrons. The van der Waals surface area contributed by atoms with E-state index in [9.17, 15) is 0 Å². The maximum Gasteiger partial charge on any atom is 0.158 e. The summed E-state index contributed by atoms with van der Waals surface area (Å²) in [6.07, 6.45) is 16.6. The Labute approximate surface area is 208 Å². The van der Waals surface area contributed by atoms with Gasteiger partial charge in [0.05, 0.1) is 19.3 Å². The Morgan fingerprint density at radius 2 is 1.32 bits per heavy atom. The van der Waals surface area contributed by atoms with Gasteiger partial charge in [-0.2, -0.15) is 0 Å². The van der Waals surface area contributed by atoms with Crippen molar-refractivity contribution in [2.75, 3.05) is 6.61 Å². The van der Waals surface area contributed by atoms with Gasteiger partial charge in [-0.25, -0.2) is 0 Å². The summed E-state index contributed by atoms with van der Waals surface area (Å²) in [7, 11) is 0. The first-order valence-electron chi connectivity index (χ1n) is 13.9. The van der Waals surface area contributed by atoms with Crippen LogP contribution in [0.2, 0.25) is 0 Å². The maximum absolute atomic E-state index is 6.09. The molecule has 3 rings (SSSR count). The van der Waals surface area contributed by atoms with E-state index in [-0.39, 0.29) is 6.29 Å². The first-order chi connectivity index (χ1) is 16.8. The summed E-state index contributed by atoms with van der Waals surface area (Å²) in [5.74, 6) is 0.961. The van der Waals surface area contributed by atoms with E-state index in [0.29, 0.717) is 12.7 Å². The number of ether oxygens (including phenoxy) is 3. The summed E-state index contributed by atoms with van der Waals surface area (Å²) in [4.78, 5) is 0. The van der Waals surface area contributed by atoms with Crippen LogP contribution in [0.3, 0.4) is 0 Å². The molecule has 3 heteroatoms. The van der Waals surface area contributed by atoms with Gasteiger partial charge in [-0.3, -0.25) is 0 Å². The van der Waals surface area contributed by atoms with E-state index in [1.165, 1.54) is 80.9 Å². The first-order valence-corrected chi connectivity index (χ1v) is 13.9. The van der Waals surface area contributed by atoms with Crippen LogP contribution in [0.1, 0.15) is 103 Å². The Morgan fingerprint density at radius 3 is 2.03 bits per heavy atom. The van der Waals surface area contributed by atoms with Crippen molar-refractivity contribution in [2.45, 2.75) is 116 Å². The molecule has 0 N–H and O–H groups in total. The second-order valence-electron chi connectivity index (χ2n) is 9.76. The number of hydrogen-bond acceptors (Lipinski definition) is 3. The molecule has 2 aromatic carbocycles. The van der Waals surface area contributed by atoms with Gasteiger partial charge in [0.15, 0.2) is 6.29 Å². The molecule has 0 spiro atoms. The second kappa shape index (κ2) is 15.9. The molecular formula is C31H46O3. The summed E-state index contributed by atoms with van der Waals surface area (Å²) in [5, 5.41) is 0. The highest BCUT2D eigenvalue weighted by Crippen LogP contribution is 2.27. The number of rotatable bonds is 17. The Balaban J connectivity index is 1.34. The van der Waals surface area contributed by atoms with Gasteiger partial charge in [-0.1, -0.05) is 108 Å². The molecule has 1 aliphatic heterocycles. The van der Waals surface area contributed by atoms with Gasteiger partial charge in [0.1, 0.15) is 5.75 Å². The van der Waals surface area contributed by atoms with E-state index in [1.54, 1.807) is 0 Å². The molecule has 2 atom stereocenters. The van der Waals surface area contributed by atoms with Crippen LogP contribution in [0, 0.1) is 0 Å². The fourth-order valence-corrected chi connectivity index (χ4v) is 4.61. The van der Waals surface area contributed by atoms with Crippen molar-refractivity contribution in [3.63, 3.8) is 0 Å². The van der Waals surface area contributed by atoms with E-state index >= 15 is 0 Å². The van der Waals surface area contributed by atoms with E-state index in [1.807, 2.05) is 0 Å². The van der Waals surface area contributed by atoms with Crippen LogP contribution in [0.15, 0.2) is 48.5 Å². The molecule has 1 heterocycles. The quantitative estimate of drug-likeness (QED) is 0.218. The van der Waals surface area contributed by atoms with Crippen molar-refractivity contribution in [1.29, 1.82) is 0 Å². The first kappa shape index (κ1) is 26.8. The van der Waals surface area contributed by atoms with Crippen molar-refractivity contribution in [3.8, 4) is 16.9 Å². The zero-order chi connectivity index (χ0) is 23.8. The average molecular weight is 467 g/mol. The third-order valence-electron chi connectivity index (χ3n) is 6.79. The van der Waals surface area contributed by atoms with Crippen molar-refractivity contribution >= 4 is 0 Å². The second-order valence-corrected chi connectivity index (χ2v) is 9.76. The topological polar surface area (TPSA) is 27.7 Å². The van der Waals surface area contributed by atoms with Crippen molar-refractivity contribution in [3.05, 3.63) is 54.1 Å². The molecule has 0 aromatic heterocycles. The molecule has 0 aliphatic carbocycles. The van der Waals surface area contributed by atoms with Crippen molar-refractivity contribution < 1.29 is 14.2 Å². The van der Waals surface area contributed by atoms with Crippen LogP contribution < -0.4 is 4.74 Å². The maximum atomic E-state index is 6.09. The third kappa shape index (κ3) is 9.80. The van der Waals surface area contributed by atoms with Crippen LogP contribution in [0.5, 0.6) is 5.75 Å². The van der Waals surface area contributed by atoms with Crippen molar-refractivity contribution in [2.24, 2.45) is 0 Å². The lowest BCUT2D eigenvalue weighted by Crippen LogP contribution is -2.14. The molecule has 34 heavy (non-hydrogen) atoms. The van der Waals surface area contributed by atoms with Gasteiger partial charge >= 0.3 is 0 Å². The Bertz CT molecular complexity index is 768. The standard InChI is InChI=1S/C31H46O3/c1-3-5-7-9-10-12-24-32-29-20-18-28(19-21-29)27-16-14-26(15-17-27)25-33-31-23-22-30(34-31)13-11-8-6-4-2/h14-21,30-31H,3-13,22-25H2,1-2H3/t30-,31?/m1/s1. The molecule has 1 fully saturated rings. The highest BCUT2D eigenvalue weighted by Gasteiger charge is 2.25. The highest BCUT2D eigenvalue weighted by molar-refractivity contribution is 5.64. The van der Waals surface area contributed by atoms with Gasteiger partial charge in [0.2, 0.25) is 0 Å². The molecule has 1 aliphatic rings. The third-order valence-corrected chi connectivity index (χ3v) is 6.79. The van der Waals surface area contributed by atoms with Gasteiger partial charge in [-0.15, -0.1) is 0 Å². The Hall–Kier alpha value is -1.84. The smallest absolute Gasteiger partial charge is 0.158 e. The van der Waals surface area contributed by atoms with Gasteiger partial charge in [-0.05, 0) is 48.1 Å². The molecule has 0 amide bonds. The number of benzene rings is 2. The lowest BCUT2D eigenvalue weighted by Gasteiger charge is -2.15. The summed E-state index contributed by atoms with van der Waals surface area (Å²) in [5.41, 5.74) is 3.62. The summed E-state index contributed by atoms with van der Waals surface area (Å²) in [6, 6.07) is 17.1.